The lowest BCUT2D eigenvalue weighted by Crippen LogP contribution is -2.50. The third-order valence-electron chi connectivity index (χ3n) is 4.71. The number of nitrogens with zero attached hydrogens (tertiary/aromatic N) is 1. The van der Waals surface area contributed by atoms with Crippen LogP contribution in [0.15, 0.2) is 24.0 Å². The van der Waals surface area contributed by atoms with Gasteiger partial charge in [-0.05, 0) is 31.3 Å². The van der Waals surface area contributed by atoms with E-state index in [9.17, 15) is 4.79 Å². The minimum Gasteiger partial charge on any atom is -0.500 e. The van der Waals surface area contributed by atoms with Crippen LogP contribution in [-0.4, -0.2) is 44.2 Å². The molecule has 0 N–H and O–H groups in total. The van der Waals surface area contributed by atoms with Crippen molar-refractivity contribution in [2.24, 2.45) is 11.3 Å². The van der Waals surface area contributed by atoms with Crippen molar-refractivity contribution in [2.45, 2.75) is 39.2 Å². The van der Waals surface area contributed by atoms with Crippen molar-refractivity contribution in [3.05, 3.63) is 24.0 Å². The molecule has 1 aliphatic heterocycles. The number of hydrogen-bond donors (Lipinski definition) is 0. The van der Waals surface area contributed by atoms with E-state index < -0.39 is 5.41 Å². The maximum absolute atomic E-state index is 13.3. The summed E-state index contributed by atoms with van der Waals surface area (Å²) in [5, 5.41) is 0. The Kier molecular flexibility index (Phi) is 5.09. The quantitative estimate of drug-likeness (QED) is 0.732. The fourth-order valence-corrected chi connectivity index (χ4v) is 3.54. The lowest BCUT2D eigenvalue weighted by atomic mass is 9.71. The first-order chi connectivity index (χ1) is 10.1. The summed E-state index contributed by atoms with van der Waals surface area (Å²) in [4.78, 5) is 15.3. The minimum atomic E-state index is -0.663. The summed E-state index contributed by atoms with van der Waals surface area (Å²) in [6, 6.07) is 0.187. The van der Waals surface area contributed by atoms with E-state index in [0.29, 0.717) is 6.61 Å². The fourth-order valence-electron chi connectivity index (χ4n) is 3.54. The molecule has 0 spiro atoms. The van der Waals surface area contributed by atoms with Crippen LogP contribution in [0.4, 0.5) is 0 Å². The maximum Gasteiger partial charge on any atom is 0.240 e. The molecule has 2 aliphatic rings. The predicted molar refractivity (Wildman–Crippen MR) is 82.7 cm³/mol. The van der Waals surface area contributed by atoms with Crippen molar-refractivity contribution in [1.29, 1.82) is 0 Å². The number of methoxy groups -OCH3 is 2. The lowest BCUT2D eigenvalue weighted by molar-refractivity contribution is -0.143. The zero-order valence-corrected chi connectivity index (χ0v) is 13.6. The molecule has 1 fully saturated rings. The molecule has 0 bridgehead atoms. The molecule has 0 aromatic rings. The van der Waals surface area contributed by atoms with Crippen LogP contribution < -0.4 is 0 Å². The molecular weight excluding hydrogens is 266 g/mol. The summed E-state index contributed by atoms with van der Waals surface area (Å²) < 4.78 is 10.9. The zero-order chi connectivity index (χ0) is 15.5. The first-order valence-corrected chi connectivity index (χ1v) is 7.80. The van der Waals surface area contributed by atoms with Gasteiger partial charge in [-0.1, -0.05) is 26.0 Å². The van der Waals surface area contributed by atoms with E-state index in [0.717, 1.165) is 31.6 Å². The topological polar surface area (TPSA) is 38.8 Å². The largest absolute Gasteiger partial charge is 0.500 e. The van der Waals surface area contributed by atoms with E-state index in [1.807, 2.05) is 17.1 Å². The number of rotatable bonds is 5. The molecule has 2 atom stereocenters. The Morgan fingerprint density at radius 1 is 1.48 bits per heavy atom. The molecule has 0 radical (unpaired) electrons. The van der Waals surface area contributed by atoms with Crippen LogP contribution in [0.25, 0.3) is 0 Å². The number of carbonyl (C=O) groups excluding carboxylic acids is 1. The van der Waals surface area contributed by atoms with Crippen LogP contribution in [0.5, 0.6) is 0 Å². The van der Waals surface area contributed by atoms with E-state index in [1.165, 1.54) is 0 Å². The molecule has 4 heteroatoms. The van der Waals surface area contributed by atoms with E-state index in [4.69, 9.17) is 9.47 Å². The van der Waals surface area contributed by atoms with Crippen LogP contribution in [0.1, 0.15) is 33.1 Å². The van der Waals surface area contributed by atoms with E-state index in [-0.39, 0.29) is 17.9 Å². The fraction of sp³-hybridized carbons (Fsp3) is 0.706. The number of likely N-dealkylation sites (tertiary alicyclic amines) is 1. The van der Waals surface area contributed by atoms with Gasteiger partial charge in [-0.25, -0.2) is 0 Å². The monoisotopic (exact) mass is 293 g/mol. The van der Waals surface area contributed by atoms with Crippen molar-refractivity contribution in [1.82, 2.24) is 4.90 Å². The second-order valence-electron chi connectivity index (χ2n) is 6.18. The average molecular weight is 293 g/mol. The van der Waals surface area contributed by atoms with Crippen LogP contribution >= 0.6 is 0 Å². The second kappa shape index (κ2) is 6.65. The molecule has 2 rings (SSSR count). The highest BCUT2D eigenvalue weighted by Gasteiger charge is 2.49. The molecular formula is C17H27NO3. The first kappa shape index (κ1) is 16.1. The third-order valence-corrected chi connectivity index (χ3v) is 4.71. The summed E-state index contributed by atoms with van der Waals surface area (Å²) in [5.41, 5.74) is -0.663. The van der Waals surface area contributed by atoms with Gasteiger partial charge in [-0.2, -0.15) is 0 Å². The Morgan fingerprint density at radius 2 is 2.24 bits per heavy atom. The Balaban J connectivity index is 2.34. The van der Waals surface area contributed by atoms with E-state index >= 15 is 0 Å². The molecule has 0 aromatic heterocycles. The molecule has 4 nitrogen and oxygen atoms in total. The van der Waals surface area contributed by atoms with Gasteiger partial charge in [-0.15, -0.1) is 0 Å². The third kappa shape index (κ3) is 2.73. The summed E-state index contributed by atoms with van der Waals surface area (Å²) in [6.07, 6.45) is 9.03. The van der Waals surface area contributed by atoms with Gasteiger partial charge in [0.2, 0.25) is 5.91 Å². The standard InChI is InChI=1S/C17H27NO3/c1-13(2)17(10-6-5-9-15(17)21-4)16(19)18-11-7-8-14(18)12-20-3/h6,9-10,13-14H,5,7-8,11-12H2,1-4H3/t14-,17-/m0/s1. The second-order valence-corrected chi connectivity index (χ2v) is 6.18. The summed E-state index contributed by atoms with van der Waals surface area (Å²) in [6.45, 7) is 5.59. The Labute approximate surface area is 127 Å². The number of carbonyl (C=O) groups is 1. The van der Waals surface area contributed by atoms with Crippen molar-refractivity contribution < 1.29 is 14.3 Å². The Bertz CT molecular complexity index is 441. The van der Waals surface area contributed by atoms with Crippen LogP contribution in [0.3, 0.4) is 0 Å². The number of ether oxygens (including phenoxy) is 2. The first-order valence-electron chi connectivity index (χ1n) is 7.80. The van der Waals surface area contributed by atoms with Crippen LogP contribution in [-0.2, 0) is 14.3 Å². The van der Waals surface area contributed by atoms with Crippen molar-refractivity contribution in [2.75, 3.05) is 27.4 Å². The molecule has 1 saturated heterocycles. The van der Waals surface area contributed by atoms with Crippen molar-refractivity contribution in [3.8, 4) is 0 Å². The summed E-state index contributed by atoms with van der Waals surface area (Å²) >= 11 is 0. The minimum absolute atomic E-state index is 0.150. The van der Waals surface area contributed by atoms with Gasteiger partial charge in [0.1, 0.15) is 11.2 Å². The maximum atomic E-state index is 13.3. The summed E-state index contributed by atoms with van der Waals surface area (Å²) in [7, 11) is 3.35. The van der Waals surface area contributed by atoms with E-state index in [1.54, 1.807) is 14.2 Å². The van der Waals surface area contributed by atoms with Gasteiger partial charge in [0.05, 0.1) is 19.8 Å². The van der Waals surface area contributed by atoms with Gasteiger partial charge in [-0.3, -0.25) is 4.79 Å². The highest BCUT2D eigenvalue weighted by molar-refractivity contribution is 5.88. The van der Waals surface area contributed by atoms with Crippen molar-refractivity contribution in [3.63, 3.8) is 0 Å². The smallest absolute Gasteiger partial charge is 0.240 e. The molecule has 21 heavy (non-hydrogen) atoms. The average Bonchev–Trinajstić information content (AvgIpc) is 2.94. The lowest BCUT2D eigenvalue weighted by Gasteiger charge is -2.40. The molecule has 1 aliphatic carbocycles. The Morgan fingerprint density at radius 3 is 2.86 bits per heavy atom. The molecule has 118 valence electrons. The molecule has 0 saturated carbocycles. The van der Waals surface area contributed by atoms with Gasteiger partial charge >= 0.3 is 0 Å². The van der Waals surface area contributed by atoms with Crippen LogP contribution in [0, 0.1) is 11.3 Å². The highest BCUT2D eigenvalue weighted by atomic mass is 16.5. The van der Waals surface area contributed by atoms with Gasteiger partial charge in [0.25, 0.3) is 0 Å². The van der Waals surface area contributed by atoms with Gasteiger partial charge in [0, 0.05) is 13.7 Å². The zero-order valence-electron chi connectivity index (χ0n) is 13.6. The molecule has 1 heterocycles. The molecule has 0 unspecified atom stereocenters. The highest BCUT2D eigenvalue weighted by Crippen LogP contribution is 2.43. The van der Waals surface area contributed by atoms with Gasteiger partial charge < -0.3 is 14.4 Å². The van der Waals surface area contributed by atoms with Gasteiger partial charge in [0.15, 0.2) is 0 Å². The normalized spacial score (nSPS) is 28.9. The molecule has 1 amide bonds. The number of allylic oxidation sites excluding steroid dienone is 2. The van der Waals surface area contributed by atoms with Crippen molar-refractivity contribution >= 4 is 5.91 Å². The van der Waals surface area contributed by atoms with E-state index in [2.05, 4.69) is 19.9 Å². The number of amides is 1. The SMILES string of the molecule is COC[C@@H]1CCCN1C(=O)[C@]1(C(C)C)C=CCC=C1OC. The Hall–Kier alpha value is -1.29. The predicted octanol–water partition coefficient (Wildman–Crippen LogP) is 2.76. The number of hydrogen-bond acceptors (Lipinski definition) is 3. The summed E-state index contributed by atoms with van der Waals surface area (Å²) in [5.74, 6) is 1.09. The van der Waals surface area contributed by atoms with Crippen LogP contribution in [0.2, 0.25) is 0 Å². The molecule has 0 aromatic carbocycles.